The fraction of sp³-hybridized carbons (Fsp3) is 0.167. The Hall–Kier alpha value is -2.20. The zero-order chi connectivity index (χ0) is 20.9. The van der Waals surface area contributed by atoms with E-state index in [1.165, 1.54) is 6.07 Å². The Morgan fingerprint density at radius 1 is 1.14 bits per heavy atom. The fourth-order valence-corrected chi connectivity index (χ4v) is 3.71. The maximum atomic E-state index is 15.2. The summed E-state index contributed by atoms with van der Waals surface area (Å²) in [5.74, 6) is -1.27. The highest BCUT2D eigenvalue weighted by Crippen LogP contribution is 2.38. The van der Waals surface area contributed by atoms with Crippen molar-refractivity contribution in [2.75, 3.05) is 6.26 Å². The van der Waals surface area contributed by atoms with Gasteiger partial charge in [-0.2, -0.15) is 13.2 Å². The van der Waals surface area contributed by atoms with Crippen molar-refractivity contribution in [2.45, 2.75) is 18.0 Å². The summed E-state index contributed by atoms with van der Waals surface area (Å²) in [4.78, 5) is 5.29. The molecule has 28 heavy (non-hydrogen) atoms. The Bertz CT molecular complexity index is 1170. The Morgan fingerprint density at radius 2 is 1.82 bits per heavy atom. The van der Waals surface area contributed by atoms with E-state index in [1.54, 1.807) is 25.1 Å². The van der Waals surface area contributed by atoms with Gasteiger partial charge in [0.15, 0.2) is 9.84 Å². The number of aromatic nitrogens is 2. The number of aryl methyl sites for hydroxylation is 1. The van der Waals surface area contributed by atoms with E-state index in [0.717, 1.165) is 22.4 Å². The smallest absolute Gasteiger partial charge is 0.334 e. The standard InChI is InChI=1S/C18H13BrF4N2O2S/c1-9-7-10(3-5-12(9)19)15-11(4-6-13(16(15)20)28(2,26)27)17-24-8-14(25-17)18(21,22)23/h3-8H,1-2H3,(H,24,25). The van der Waals surface area contributed by atoms with Crippen LogP contribution in [0, 0.1) is 12.7 Å². The van der Waals surface area contributed by atoms with Crippen molar-refractivity contribution in [1.29, 1.82) is 0 Å². The van der Waals surface area contributed by atoms with Crippen LogP contribution in [0.25, 0.3) is 22.5 Å². The lowest BCUT2D eigenvalue weighted by atomic mass is 9.97. The average Bonchev–Trinajstić information content (AvgIpc) is 3.06. The van der Waals surface area contributed by atoms with E-state index >= 15 is 4.39 Å². The summed E-state index contributed by atoms with van der Waals surface area (Å²) in [6.45, 7) is 1.75. The SMILES string of the molecule is Cc1cc(-c2c(-c3ncc(C(F)(F)F)[nH]3)ccc(S(C)(=O)=O)c2F)ccc1Br. The maximum Gasteiger partial charge on any atom is 0.432 e. The Balaban J connectivity index is 2.33. The Kier molecular flexibility index (Phi) is 5.13. The molecule has 3 rings (SSSR count). The predicted octanol–water partition coefficient (Wildman–Crippen LogP) is 5.38. The summed E-state index contributed by atoms with van der Waals surface area (Å²) in [5.41, 5.74) is -0.177. The molecule has 0 aliphatic rings. The van der Waals surface area contributed by atoms with Gasteiger partial charge in [-0.05, 0) is 36.2 Å². The van der Waals surface area contributed by atoms with E-state index in [2.05, 4.69) is 25.9 Å². The Morgan fingerprint density at radius 3 is 2.36 bits per heavy atom. The molecule has 0 fully saturated rings. The number of rotatable bonds is 3. The van der Waals surface area contributed by atoms with Crippen LogP contribution in [0.1, 0.15) is 11.3 Å². The van der Waals surface area contributed by atoms with Gasteiger partial charge in [0.1, 0.15) is 22.2 Å². The van der Waals surface area contributed by atoms with E-state index in [4.69, 9.17) is 0 Å². The van der Waals surface area contributed by atoms with Crippen LogP contribution in [-0.4, -0.2) is 24.6 Å². The lowest BCUT2D eigenvalue weighted by Crippen LogP contribution is -2.06. The van der Waals surface area contributed by atoms with Crippen molar-refractivity contribution in [3.63, 3.8) is 0 Å². The van der Waals surface area contributed by atoms with Gasteiger partial charge in [0.25, 0.3) is 0 Å². The highest BCUT2D eigenvalue weighted by molar-refractivity contribution is 9.10. The number of hydrogen-bond donors (Lipinski definition) is 1. The van der Waals surface area contributed by atoms with E-state index < -0.39 is 32.4 Å². The van der Waals surface area contributed by atoms with Crippen molar-refractivity contribution in [2.24, 2.45) is 0 Å². The molecule has 3 aromatic rings. The molecule has 0 aliphatic heterocycles. The highest BCUT2D eigenvalue weighted by atomic mass is 79.9. The van der Waals surface area contributed by atoms with Gasteiger partial charge in [0, 0.05) is 21.9 Å². The van der Waals surface area contributed by atoms with Crippen LogP contribution in [0.15, 0.2) is 45.9 Å². The van der Waals surface area contributed by atoms with Crippen LogP contribution >= 0.6 is 15.9 Å². The van der Waals surface area contributed by atoms with Crippen molar-refractivity contribution in [1.82, 2.24) is 9.97 Å². The number of hydrogen-bond acceptors (Lipinski definition) is 3. The zero-order valence-electron chi connectivity index (χ0n) is 14.5. The summed E-state index contributed by atoms with van der Waals surface area (Å²) in [6.07, 6.45) is -3.18. The molecule has 1 aromatic heterocycles. The van der Waals surface area contributed by atoms with Crippen LogP contribution in [0.5, 0.6) is 0 Å². The minimum Gasteiger partial charge on any atom is -0.334 e. The number of alkyl halides is 3. The highest BCUT2D eigenvalue weighted by Gasteiger charge is 2.33. The van der Waals surface area contributed by atoms with Crippen molar-refractivity contribution in [3.8, 4) is 22.5 Å². The maximum absolute atomic E-state index is 15.2. The van der Waals surface area contributed by atoms with Gasteiger partial charge >= 0.3 is 6.18 Å². The molecule has 0 bridgehead atoms. The third kappa shape index (κ3) is 3.83. The van der Waals surface area contributed by atoms with Gasteiger partial charge in [0.05, 0.1) is 6.20 Å². The van der Waals surface area contributed by atoms with Crippen molar-refractivity contribution in [3.05, 3.63) is 58.1 Å². The number of halogens is 5. The molecule has 1 N–H and O–H groups in total. The topological polar surface area (TPSA) is 62.8 Å². The van der Waals surface area contributed by atoms with Crippen LogP contribution in [0.4, 0.5) is 17.6 Å². The molecule has 0 radical (unpaired) electrons. The minimum absolute atomic E-state index is 0.0159. The predicted molar refractivity (Wildman–Crippen MR) is 100.0 cm³/mol. The van der Waals surface area contributed by atoms with Gasteiger partial charge < -0.3 is 4.98 Å². The van der Waals surface area contributed by atoms with Gasteiger partial charge in [0.2, 0.25) is 0 Å². The number of nitrogens with zero attached hydrogens (tertiary/aromatic N) is 1. The van der Waals surface area contributed by atoms with E-state index in [0.29, 0.717) is 11.8 Å². The number of H-pyrrole nitrogens is 1. The van der Waals surface area contributed by atoms with Gasteiger partial charge in [-0.1, -0.05) is 28.1 Å². The Labute approximate surface area is 166 Å². The van der Waals surface area contributed by atoms with Crippen LogP contribution in [0.2, 0.25) is 0 Å². The molecular formula is C18H13BrF4N2O2S. The third-order valence-corrected chi connectivity index (χ3v) is 6.09. The lowest BCUT2D eigenvalue weighted by molar-refractivity contribution is -0.140. The average molecular weight is 477 g/mol. The molecule has 148 valence electrons. The minimum atomic E-state index is -4.65. The van der Waals surface area contributed by atoms with Crippen LogP contribution in [0.3, 0.4) is 0 Å². The summed E-state index contributed by atoms with van der Waals surface area (Å²) in [6, 6.07) is 7.05. The van der Waals surface area contributed by atoms with E-state index in [1.807, 2.05) is 0 Å². The lowest BCUT2D eigenvalue weighted by Gasteiger charge is -2.13. The summed E-state index contributed by atoms with van der Waals surface area (Å²) in [5, 5.41) is 0. The summed E-state index contributed by atoms with van der Waals surface area (Å²) >= 11 is 3.32. The number of imidazole rings is 1. The van der Waals surface area contributed by atoms with E-state index in [-0.39, 0.29) is 17.0 Å². The van der Waals surface area contributed by atoms with Crippen LogP contribution in [-0.2, 0) is 16.0 Å². The molecule has 0 saturated carbocycles. The number of aromatic amines is 1. The molecule has 0 saturated heterocycles. The van der Waals surface area contributed by atoms with Gasteiger partial charge in [-0.3, -0.25) is 0 Å². The molecule has 0 atom stereocenters. The quantitative estimate of drug-likeness (QED) is 0.516. The molecule has 1 heterocycles. The third-order valence-electron chi connectivity index (χ3n) is 4.09. The molecule has 2 aromatic carbocycles. The molecule has 0 amide bonds. The molecule has 4 nitrogen and oxygen atoms in total. The zero-order valence-corrected chi connectivity index (χ0v) is 16.9. The van der Waals surface area contributed by atoms with Gasteiger partial charge in [-0.15, -0.1) is 0 Å². The first-order valence-electron chi connectivity index (χ1n) is 7.81. The first-order chi connectivity index (χ1) is 12.9. The van der Waals surface area contributed by atoms with Crippen molar-refractivity contribution >= 4 is 25.8 Å². The summed E-state index contributed by atoms with van der Waals surface area (Å²) in [7, 11) is -3.89. The largest absolute Gasteiger partial charge is 0.432 e. The molecule has 0 aliphatic carbocycles. The molecule has 10 heteroatoms. The van der Waals surface area contributed by atoms with E-state index in [9.17, 15) is 21.6 Å². The second kappa shape index (κ2) is 7.00. The number of benzene rings is 2. The first kappa shape index (κ1) is 20.5. The number of nitrogens with one attached hydrogen (secondary N) is 1. The molecule has 0 unspecified atom stereocenters. The monoisotopic (exact) mass is 476 g/mol. The molecule has 0 spiro atoms. The normalized spacial score (nSPS) is 12.4. The first-order valence-corrected chi connectivity index (χ1v) is 10.5. The van der Waals surface area contributed by atoms with Gasteiger partial charge in [-0.25, -0.2) is 17.8 Å². The summed E-state index contributed by atoms with van der Waals surface area (Å²) < 4.78 is 78.5. The molecular weight excluding hydrogens is 464 g/mol. The second-order valence-corrected chi connectivity index (χ2v) is 9.02. The second-order valence-electron chi connectivity index (χ2n) is 6.18. The number of sulfone groups is 1. The van der Waals surface area contributed by atoms with Crippen LogP contribution < -0.4 is 0 Å². The van der Waals surface area contributed by atoms with Crippen molar-refractivity contribution < 1.29 is 26.0 Å². The fourth-order valence-electron chi connectivity index (χ4n) is 2.73.